The van der Waals surface area contributed by atoms with E-state index in [1.165, 1.54) is 12.5 Å². The van der Waals surface area contributed by atoms with Gasteiger partial charge in [0.15, 0.2) is 0 Å². The van der Waals surface area contributed by atoms with Gasteiger partial charge in [-0.25, -0.2) is 0 Å². The van der Waals surface area contributed by atoms with Gasteiger partial charge in [-0.15, -0.1) is 0 Å². The van der Waals surface area contributed by atoms with Gasteiger partial charge in [0, 0.05) is 18.4 Å². The van der Waals surface area contributed by atoms with Gasteiger partial charge in [0.05, 0.1) is 6.10 Å². The van der Waals surface area contributed by atoms with E-state index in [1.807, 2.05) is 6.08 Å². The number of fused-ring (bicyclic) bond motifs is 5. The quantitative estimate of drug-likeness (QED) is 0.566. The predicted molar refractivity (Wildman–Crippen MR) is 96.5 cm³/mol. The molecule has 0 heterocycles. The average molecular weight is 345 g/mol. The van der Waals surface area contributed by atoms with Crippen molar-refractivity contribution in [1.29, 1.82) is 0 Å². The van der Waals surface area contributed by atoms with Gasteiger partial charge in [0.2, 0.25) is 0 Å². The van der Waals surface area contributed by atoms with Gasteiger partial charge in [-0.2, -0.15) is 0 Å². The molecule has 0 aromatic carbocycles. The number of hydrogen-bond donors (Lipinski definition) is 2. The summed E-state index contributed by atoms with van der Waals surface area (Å²) in [6, 6.07) is -0.0655. The van der Waals surface area contributed by atoms with Crippen molar-refractivity contribution in [1.82, 2.24) is 0 Å². The summed E-state index contributed by atoms with van der Waals surface area (Å²) in [7, 11) is 0. The van der Waals surface area contributed by atoms with Gasteiger partial charge in [-0.3, -0.25) is 4.79 Å². The molecular weight excluding hydrogens is 314 g/mol. The molecule has 4 rings (SSSR count). The molecule has 2 fully saturated rings. The number of carbonyl (C=O) groups excluding carboxylic acids is 1. The first kappa shape index (κ1) is 17.3. The molecule has 8 atom stereocenters. The molecule has 4 nitrogen and oxygen atoms in total. The van der Waals surface area contributed by atoms with E-state index in [0.717, 1.165) is 32.1 Å². The smallest absolute Gasteiger partial charge is 0.302 e. The molecule has 0 aromatic rings. The van der Waals surface area contributed by atoms with Crippen molar-refractivity contribution >= 4 is 5.97 Å². The third kappa shape index (κ3) is 2.44. The van der Waals surface area contributed by atoms with E-state index in [-0.39, 0.29) is 35.0 Å². The second-order valence-corrected chi connectivity index (χ2v) is 9.21. The zero-order chi connectivity index (χ0) is 18.0. The standard InChI is InChI=1S/C21H31NO3/c1-12(23)25-18-11-17-15-5-4-13-10-14(24)6-8-20(13,2)16(15)7-9-21(17,3)19(18)22/h4,6,8,14-19,24H,5,7,9-11,22H2,1-3H3/t14?,15-,16-,17+,18?,19?,20+,21+/m1/s1. The van der Waals surface area contributed by atoms with Crippen LogP contribution in [0.15, 0.2) is 23.8 Å². The lowest BCUT2D eigenvalue weighted by molar-refractivity contribution is -0.147. The Morgan fingerprint density at radius 1 is 1.36 bits per heavy atom. The van der Waals surface area contributed by atoms with Gasteiger partial charge in [0.25, 0.3) is 0 Å². The van der Waals surface area contributed by atoms with Gasteiger partial charge in [-0.05, 0) is 55.3 Å². The number of allylic oxidation sites excluding steroid dienone is 2. The van der Waals surface area contributed by atoms with Crippen LogP contribution in [-0.4, -0.2) is 29.3 Å². The summed E-state index contributed by atoms with van der Waals surface area (Å²) in [5.74, 6) is 1.46. The largest absolute Gasteiger partial charge is 0.461 e. The SMILES string of the molecule is CC(=O)OC1C[C@H]2[C@@H]3CC=C4CC(O)C=C[C@]4(C)[C@@H]3CC[C@]2(C)C1N. The molecule has 3 unspecified atom stereocenters. The van der Waals surface area contributed by atoms with Crippen LogP contribution >= 0.6 is 0 Å². The summed E-state index contributed by atoms with van der Waals surface area (Å²) in [6.07, 6.45) is 11.1. The maximum Gasteiger partial charge on any atom is 0.302 e. The van der Waals surface area contributed by atoms with E-state index < -0.39 is 0 Å². The minimum absolute atomic E-state index is 0.0564. The van der Waals surface area contributed by atoms with E-state index in [1.54, 1.807) is 0 Å². The molecule has 25 heavy (non-hydrogen) atoms. The second kappa shape index (κ2) is 5.68. The van der Waals surface area contributed by atoms with Crippen LogP contribution in [-0.2, 0) is 9.53 Å². The number of nitrogens with two attached hydrogens (primary N) is 1. The molecular formula is C21H31NO3. The van der Waals surface area contributed by atoms with Crippen LogP contribution in [0.2, 0.25) is 0 Å². The number of aliphatic hydroxyl groups excluding tert-OH is 1. The second-order valence-electron chi connectivity index (χ2n) is 9.21. The van der Waals surface area contributed by atoms with Crippen LogP contribution in [0.1, 0.15) is 52.9 Å². The number of hydrogen-bond acceptors (Lipinski definition) is 4. The lowest BCUT2D eigenvalue weighted by Gasteiger charge is -2.56. The van der Waals surface area contributed by atoms with Gasteiger partial charge in [0.1, 0.15) is 6.10 Å². The minimum Gasteiger partial charge on any atom is -0.461 e. The molecule has 0 radical (unpaired) electrons. The highest BCUT2D eigenvalue weighted by atomic mass is 16.5. The first-order valence-corrected chi connectivity index (χ1v) is 9.75. The Morgan fingerprint density at radius 2 is 2.12 bits per heavy atom. The first-order valence-electron chi connectivity index (χ1n) is 9.75. The fourth-order valence-electron chi connectivity index (χ4n) is 6.60. The maximum absolute atomic E-state index is 11.5. The van der Waals surface area contributed by atoms with Crippen LogP contribution in [0.4, 0.5) is 0 Å². The number of esters is 1. The van der Waals surface area contributed by atoms with Crippen LogP contribution in [0.25, 0.3) is 0 Å². The monoisotopic (exact) mass is 345 g/mol. The van der Waals surface area contributed by atoms with Crippen LogP contribution in [0, 0.1) is 28.6 Å². The zero-order valence-corrected chi connectivity index (χ0v) is 15.6. The topological polar surface area (TPSA) is 72.5 Å². The van der Waals surface area contributed by atoms with Crippen molar-refractivity contribution in [2.45, 2.75) is 71.1 Å². The molecule has 3 N–H and O–H groups in total. The number of ether oxygens (including phenoxy) is 1. The molecule has 0 amide bonds. The van der Waals surface area contributed by atoms with E-state index in [0.29, 0.717) is 17.8 Å². The summed E-state index contributed by atoms with van der Waals surface area (Å²) in [5.41, 5.74) is 8.11. The Labute approximate surface area is 150 Å². The van der Waals surface area contributed by atoms with E-state index in [4.69, 9.17) is 10.5 Å². The lowest BCUT2D eigenvalue weighted by atomic mass is 9.49. The van der Waals surface area contributed by atoms with Gasteiger partial charge < -0.3 is 15.6 Å². The van der Waals surface area contributed by atoms with E-state index >= 15 is 0 Å². The Hall–Kier alpha value is -1.13. The van der Waals surface area contributed by atoms with Crippen LogP contribution in [0.3, 0.4) is 0 Å². The average Bonchev–Trinajstić information content (AvgIpc) is 2.79. The first-order chi connectivity index (χ1) is 11.8. The molecule has 4 heteroatoms. The van der Waals surface area contributed by atoms with Crippen LogP contribution < -0.4 is 5.73 Å². The normalized spacial score (nSPS) is 51.2. The fraction of sp³-hybridized carbons (Fsp3) is 0.762. The molecule has 2 saturated carbocycles. The minimum atomic E-state index is -0.335. The van der Waals surface area contributed by atoms with Crippen LogP contribution in [0.5, 0.6) is 0 Å². The van der Waals surface area contributed by atoms with Crippen molar-refractivity contribution in [3.05, 3.63) is 23.8 Å². The van der Waals surface area contributed by atoms with Crippen molar-refractivity contribution in [3.63, 3.8) is 0 Å². The molecule has 0 bridgehead atoms. The van der Waals surface area contributed by atoms with Crippen molar-refractivity contribution < 1.29 is 14.6 Å². The van der Waals surface area contributed by atoms with Crippen molar-refractivity contribution in [2.24, 2.45) is 34.3 Å². The van der Waals surface area contributed by atoms with Gasteiger partial charge >= 0.3 is 5.97 Å². The maximum atomic E-state index is 11.5. The molecule has 0 spiro atoms. The number of aliphatic hydroxyl groups is 1. The molecule has 138 valence electrons. The molecule has 4 aliphatic rings. The number of rotatable bonds is 1. The summed E-state index contributed by atoms with van der Waals surface area (Å²) >= 11 is 0. The Morgan fingerprint density at radius 3 is 2.84 bits per heavy atom. The lowest BCUT2D eigenvalue weighted by Crippen LogP contribution is -2.52. The van der Waals surface area contributed by atoms with E-state index in [9.17, 15) is 9.90 Å². The Bertz CT molecular complexity index is 641. The van der Waals surface area contributed by atoms with E-state index in [2.05, 4.69) is 26.0 Å². The Balaban J connectivity index is 1.65. The highest BCUT2D eigenvalue weighted by molar-refractivity contribution is 5.66. The third-order valence-corrected chi connectivity index (χ3v) is 8.03. The highest BCUT2D eigenvalue weighted by Crippen LogP contribution is 2.63. The number of carbonyl (C=O) groups is 1. The zero-order valence-electron chi connectivity index (χ0n) is 15.6. The summed E-state index contributed by atoms with van der Waals surface area (Å²) < 4.78 is 5.58. The fourth-order valence-corrected chi connectivity index (χ4v) is 6.60. The Kier molecular flexibility index (Phi) is 3.93. The third-order valence-electron chi connectivity index (χ3n) is 8.03. The van der Waals surface area contributed by atoms with Gasteiger partial charge in [-0.1, -0.05) is 37.6 Å². The van der Waals surface area contributed by atoms with Crippen molar-refractivity contribution in [3.8, 4) is 0 Å². The summed E-state index contributed by atoms with van der Waals surface area (Å²) in [5, 5.41) is 10.0. The summed E-state index contributed by atoms with van der Waals surface area (Å²) in [6.45, 7) is 6.14. The molecule has 0 saturated heterocycles. The predicted octanol–water partition coefficient (Wildman–Crippen LogP) is 2.96. The summed E-state index contributed by atoms with van der Waals surface area (Å²) in [4.78, 5) is 11.5. The molecule has 0 aliphatic heterocycles. The van der Waals surface area contributed by atoms with Crippen molar-refractivity contribution in [2.75, 3.05) is 0 Å². The highest BCUT2D eigenvalue weighted by Gasteiger charge is 2.60. The molecule has 4 aliphatic carbocycles. The molecule has 0 aromatic heterocycles.